The highest BCUT2D eigenvalue weighted by Gasteiger charge is 2.30. The summed E-state index contributed by atoms with van der Waals surface area (Å²) in [4.78, 5) is 29.8. The molecule has 0 saturated carbocycles. The Morgan fingerprint density at radius 3 is 2.38 bits per heavy atom. The Bertz CT molecular complexity index is 1090. The Labute approximate surface area is 176 Å². The number of halogens is 1. The van der Waals surface area contributed by atoms with E-state index >= 15 is 0 Å². The predicted molar refractivity (Wildman–Crippen MR) is 113 cm³/mol. The van der Waals surface area contributed by atoms with Gasteiger partial charge >= 0.3 is 12.0 Å². The average molecular weight is 453 g/mol. The van der Waals surface area contributed by atoms with Crippen molar-refractivity contribution >= 4 is 45.0 Å². The molecule has 146 valence electrons. The Morgan fingerprint density at radius 1 is 1.14 bits per heavy atom. The maximum absolute atomic E-state index is 13.3. The molecule has 0 aliphatic heterocycles. The van der Waals surface area contributed by atoms with E-state index in [-0.39, 0.29) is 16.9 Å². The van der Waals surface area contributed by atoms with Crippen molar-refractivity contribution in [2.75, 3.05) is 17.3 Å². The van der Waals surface area contributed by atoms with Crippen LogP contribution in [-0.2, 0) is 4.74 Å². The number of H-pyrrole nitrogens is 1. The zero-order chi connectivity index (χ0) is 21.0. The summed E-state index contributed by atoms with van der Waals surface area (Å²) in [5.74, 6) is -0.679. The van der Waals surface area contributed by atoms with Crippen molar-refractivity contribution in [3.05, 3.63) is 76.0 Å². The van der Waals surface area contributed by atoms with Crippen molar-refractivity contribution in [2.24, 2.45) is 0 Å². The zero-order valence-corrected chi connectivity index (χ0v) is 17.3. The highest BCUT2D eigenvalue weighted by Crippen LogP contribution is 2.35. The first-order valence-electron chi connectivity index (χ1n) is 8.59. The van der Waals surface area contributed by atoms with E-state index in [1.807, 2.05) is 6.07 Å². The normalized spacial score (nSPS) is 10.1. The highest BCUT2D eigenvalue weighted by atomic mass is 79.9. The molecule has 2 aromatic carbocycles. The van der Waals surface area contributed by atoms with E-state index in [1.165, 1.54) is 12.0 Å². The van der Waals surface area contributed by atoms with Gasteiger partial charge in [-0.25, -0.2) is 9.59 Å². The van der Waals surface area contributed by atoms with Crippen LogP contribution in [0.15, 0.2) is 59.1 Å². The highest BCUT2D eigenvalue weighted by molar-refractivity contribution is 9.10. The van der Waals surface area contributed by atoms with Crippen molar-refractivity contribution in [3.63, 3.8) is 0 Å². The van der Waals surface area contributed by atoms with Crippen molar-refractivity contribution < 1.29 is 14.3 Å². The number of nitrogens with zero attached hydrogens (tertiary/aromatic N) is 2. The van der Waals surface area contributed by atoms with Gasteiger partial charge in [0.05, 0.1) is 18.4 Å². The fraction of sp³-hybridized carbons (Fsp3) is 0.0952. The molecule has 3 rings (SSSR count). The predicted octanol–water partition coefficient (Wildman–Crippen LogP) is 5.11. The second-order valence-corrected chi connectivity index (χ2v) is 6.98. The summed E-state index contributed by atoms with van der Waals surface area (Å²) in [6.07, 6.45) is 0. The maximum atomic E-state index is 13.3. The van der Waals surface area contributed by atoms with Gasteiger partial charge in [0, 0.05) is 15.9 Å². The van der Waals surface area contributed by atoms with Crippen LogP contribution in [0.5, 0.6) is 0 Å². The van der Waals surface area contributed by atoms with Crippen LogP contribution in [0.2, 0.25) is 0 Å². The van der Waals surface area contributed by atoms with E-state index in [4.69, 9.17) is 4.74 Å². The first-order valence-corrected chi connectivity index (χ1v) is 9.38. The molecule has 7 nitrogen and oxygen atoms in total. The van der Waals surface area contributed by atoms with Crippen LogP contribution in [0, 0.1) is 18.3 Å². The summed E-state index contributed by atoms with van der Waals surface area (Å²) in [5, 5.41) is 12.5. The third-order valence-corrected chi connectivity index (χ3v) is 4.73. The minimum absolute atomic E-state index is 0.0244. The molecule has 1 heterocycles. The van der Waals surface area contributed by atoms with Gasteiger partial charge in [0.15, 0.2) is 5.69 Å². The Hall–Kier alpha value is -3.57. The number of hydrogen-bond donors (Lipinski definition) is 2. The second kappa shape index (κ2) is 8.63. The SMILES string of the molecule is COC(=O)c1[nH]c(C)c(C#N)c1N(C(=O)Nc1ccc(Br)cc1)c1ccccc1. The molecule has 1 aromatic heterocycles. The number of nitrogens with one attached hydrogen (secondary N) is 2. The third-order valence-electron chi connectivity index (χ3n) is 4.20. The average Bonchev–Trinajstić information content (AvgIpc) is 3.06. The first kappa shape index (κ1) is 20.2. The van der Waals surface area contributed by atoms with E-state index in [1.54, 1.807) is 55.5 Å². The molecule has 0 atom stereocenters. The van der Waals surface area contributed by atoms with Gasteiger partial charge in [0.25, 0.3) is 0 Å². The van der Waals surface area contributed by atoms with Crippen LogP contribution in [0.25, 0.3) is 0 Å². The molecule has 0 aliphatic rings. The van der Waals surface area contributed by atoms with E-state index in [0.717, 1.165) is 4.47 Å². The number of amides is 2. The summed E-state index contributed by atoms with van der Waals surface area (Å²) in [6, 6.07) is 17.4. The number of para-hydroxylation sites is 1. The number of carbonyl (C=O) groups is 2. The largest absolute Gasteiger partial charge is 0.464 e. The number of hydrogen-bond acceptors (Lipinski definition) is 4. The molecule has 3 aromatic rings. The number of aryl methyl sites for hydroxylation is 1. The molecule has 0 bridgehead atoms. The monoisotopic (exact) mass is 452 g/mol. The number of nitriles is 1. The van der Waals surface area contributed by atoms with Gasteiger partial charge in [-0.15, -0.1) is 0 Å². The molecule has 0 radical (unpaired) electrons. The number of methoxy groups -OCH3 is 1. The lowest BCUT2D eigenvalue weighted by molar-refractivity contribution is 0.0595. The molecule has 0 unspecified atom stereocenters. The van der Waals surface area contributed by atoms with Crippen LogP contribution in [0.4, 0.5) is 21.9 Å². The van der Waals surface area contributed by atoms with Crippen molar-refractivity contribution in [1.82, 2.24) is 4.98 Å². The Morgan fingerprint density at radius 2 is 1.79 bits per heavy atom. The third kappa shape index (κ3) is 4.15. The lowest BCUT2D eigenvalue weighted by atomic mass is 10.1. The van der Waals surface area contributed by atoms with E-state index < -0.39 is 12.0 Å². The topological polar surface area (TPSA) is 98.2 Å². The Kier molecular flexibility index (Phi) is 6.00. The summed E-state index contributed by atoms with van der Waals surface area (Å²) < 4.78 is 5.72. The number of carbonyl (C=O) groups excluding carboxylic acids is 2. The smallest absolute Gasteiger partial charge is 0.356 e. The molecular formula is C21H17BrN4O3. The lowest BCUT2D eigenvalue weighted by Gasteiger charge is -2.24. The van der Waals surface area contributed by atoms with Gasteiger partial charge in [-0.3, -0.25) is 4.90 Å². The van der Waals surface area contributed by atoms with E-state index in [0.29, 0.717) is 17.1 Å². The van der Waals surface area contributed by atoms with Crippen LogP contribution in [0.1, 0.15) is 21.7 Å². The fourth-order valence-corrected chi connectivity index (χ4v) is 3.12. The van der Waals surface area contributed by atoms with Crippen LogP contribution in [0.3, 0.4) is 0 Å². The standard InChI is InChI=1S/C21H17BrN4O3/c1-13-17(12-23)19(18(24-13)20(27)29-2)26(16-6-4-3-5-7-16)21(28)25-15-10-8-14(22)9-11-15/h3-11,24H,1-2H3,(H,25,28). The van der Waals surface area contributed by atoms with Crippen molar-refractivity contribution in [3.8, 4) is 6.07 Å². The minimum Gasteiger partial charge on any atom is -0.464 e. The van der Waals surface area contributed by atoms with Crippen LogP contribution in [-0.4, -0.2) is 24.1 Å². The minimum atomic E-state index is -0.679. The van der Waals surface area contributed by atoms with Gasteiger partial charge in [-0.2, -0.15) is 5.26 Å². The second-order valence-electron chi connectivity index (χ2n) is 6.06. The van der Waals surface area contributed by atoms with Crippen LogP contribution < -0.4 is 10.2 Å². The summed E-state index contributed by atoms with van der Waals surface area (Å²) in [5.41, 5.74) is 1.85. The fourth-order valence-electron chi connectivity index (χ4n) is 2.86. The molecule has 0 saturated heterocycles. The number of aromatic nitrogens is 1. The molecular weight excluding hydrogens is 436 g/mol. The first-order chi connectivity index (χ1) is 14.0. The molecule has 8 heteroatoms. The van der Waals surface area contributed by atoms with E-state index in [9.17, 15) is 14.9 Å². The van der Waals surface area contributed by atoms with Gasteiger partial charge in [0.2, 0.25) is 0 Å². The molecule has 29 heavy (non-hydrogen) atoms. The lowest BCUT2D eigenvalue weighted by Crippen LogP contribution is -2.32. The number of anilines is 3. The molecule has 2 N–H and O–H groups in total. The number of esters is 1. The van der Waals surface area contributed by atoms with Gasteiger partial charge < -0.3 is 15.0 Å². The van der Waals surface area contributed by atoms with Gasteiger partial charge in [-0.1, -0.05) is 34.1 Å². The maximum Gasteiger partial charge on any atom is 0.356 e. The number of ether oxygens (including phenoxy) is 1. The molecule has 0 fully saturated rings. The summed E-state index contributed by atoms with van der Waals surface area (Å²) in [6.45, 7) is 1.66. The summed E-state index contributed by atoms with van der Waals surface area (Å²) in [7, 11) is 1.24. The summed E-state index contributed by atoms with van der Waals surface area (Å²) >= 11 is 3.35. The number of benzene rings is 2. The van der Waals surface area contributed by atoms with Crippen molar-refractivity contribution in [1.29, 1.82) is 5.26 Å². The molecule has 2 amide bonds. The van der Waals surface area contributed by atoms with Gasteiger partial charge in [-0.05, 0) is 43.3 Å². The number of rotatable bonds is 4. The zero-order valence-electron chi connectivity index (χ0n) is 15.7. The number of urea groups is 1. The quantitative estimate of drug-likeness (QED) is 0.536. The van der Waals surface area contributed by atoms with Crippen LogP contribution >= 0.6 is 15.9 Å². The Balaban J connectivity index is 2.15. The number of aromatic amines is 1. The van der Waals surface area contributed by atoms with E-state index in [2.05, 4.69) is 32.3 Å². The van der Waals surface area contributed by atoms with Gasteiger partial charge in [0.1, 0.15) is 11.8 Å². The molecule has 0 spiro atoms. The van der Waals surface area contributed by atoms with Crippen molar-refractivity contribution in [2.45, 2.75) is 6.92 Å². The molecule has 0 aliphatic carbocycles.